The van der Waals surface area contributed by atoms with E-state index in [4.69, 9.17) is 4.74 Å². The first-order chi connectivity index (χ1) is 14.6. The minimum Gasteiger partial charge on any atom is -0.342 e. The number of nitrogens with zero attached hydrogens (tertiary/aromatic N) is 1. The average molecular weight is 413 g/mol. The zero-order valence-corrected chi connectivity index (χ0v) is 17.1. The molecule has 0 radical (unpaired) electrons. The van der Waals surface area contributed by atoms with Gasteiger partial charge in [-0.2, -0.15) is 0 Å². The van der Waals surface area contributed by atoms with E-state index in [9.17, 15) is 9.59 Å². The number of para-hydroxylation sites is 1. The van der Waals surface area contributed by atoms with Crippen molar-refractivity contribution in [1.29, 1.82) is 0 Å². The average Bonchev–Trinajstić information content (AvgIpc) is 3.39. The number of ether oxygens (including phenoxy) is 1. The summed E-state index contributed by atoms with van der Waals surface area (Å²) in [7, 11) is 0. The number of fused-ring (bicyclic) bond motifs is 8. The van der Waals surface area contributed by atoms with Crippen molar-refractivity contribution in [3.05, 3.63) is 102 Å². The van der Waals surface area contributed by atoms with E-state index in [0.29, 0.717) is 5.69 Å². The smallest absolute Gasteiger partial charge is 0.242 e. The lowest BCUT2D eigenvalue weighted by Gasteiger charge is -2.33. The van der Waals surface area contributed by atoms with Gasteiger partial charge in [-0.05, 0) is 29.5 Å². The number of anilines is 1. The Morgan fingerprint density at radius 3 is 2.00 bits per heavy atom. The summed E-state index contributed by atoms with van der Waals surface area (Å²) in [5.41, 5.74) is 2.55. The summed E-state index contributed by atoms with van der Waals surface area (Å²) in [5, 5.41) is 0. The minimum atomic E-state index is -0.970. The van der Waals surface area contributed by atoms with Gasteiger partial charge in [-0.1, -0.05) is 72.8 Å². The summed E-state index contributed by atoms with van der Waals surface area (Å²) < 4.78 is 6.84. The molecule has 3 aromatic carbocycles. The van der Waals surface area contributed by atoms with Crippen molar-refractivity contribution in [2.24, 2.45) is 11.8 Å². The van der Waals surface area contributed by atoms with E-state index in [1.165, 1.54) is 16.7 Å². The van der Waals surface area contributed by atoms with E-state index < -0.39 is 22.4 Å². The number of carbonyl (C=O) groups is 2. The van der Waals surface area contributed by atoms with Gasteiger partial charge in [0.2, 0.25) is 11.8 Å². The van der Waals surface area contributed by atoms with Crippen LogP contribution in [0.2, 0.25) is 0 Å². The van der Waals surface area contributed by atoms with E-state index in [1.54, 1.807) is 0 Å². The van der Waals surface area contributed by atoms with Crippen LogP contribution >= 0.6 is 11.8 Å². The lowest BCUT2D eigenvalue weighted by molar-refractivity contribution is -0.128. The zero-order valence-electron chi connectivity index (χ0n) is 16.3. The van der Waals surface area contributed by atoms with Gasteiger partial charge < -0.3 is 4.74 Å². The van der Waals surface area contributed by atoms with Gasteiger partial charge in [-0.15, -0.1) is 11.8 Å². The SMILES string of the molecule is CS[C@@]12O[C@@](c3ccccc3)(c3ccccc31)[C@H]1C(=O)N(c3ccccc3)C(=O)[C@H]12. The molecule has 0 aliphatic carbocycles. The Morgan fingerprint density at radius 2 is 1.33 bits per heavy atom. The zero-order chi connectivity index (χ0) is 20.5. The van der Waals surface area contributed by atoms with E-state index in [-0.39, 0.29) is 11.8 Å². The van der Waals surface area contributed by atoms with Gasteiger partial charge in [0.05, 0.1) is 17.5 Å². The van der Waals surface area contributed by atoms with Crippen molar-refractivity contribution in [1.82, 2.24) is 0 Å². The monoisotopic (exact) mass is 413 g/mol. The second kappa shape index (κ2) is 6.06. The Hall–Kier alpha value is -2.89. The standard InChI is InChI=1S/C25H19NO3S/c1-30-25-19-15-9-8-14-18(19)24(29-25,16-10-4-2-5-11-16)20-21(25)23(28)26(22(20)27)17-12-6-3-7-13-17/h2-15,20-21H,1H3/t20-,21+,24+,25+/m1/s1. The molecule has 0 aromatic heterocycles. The number of benzene rings is 3. The molecule has 30 heavy (non-hydrogen) atoms. The maximum absolute atomic E-state index is 13.8. The number of hydrogen-bond donors (Lipinski definition) is 0. The molecule has 3 aromatic rings. The fourth-order valence-electron chi connectivity index (χ4n) is 5.57. The molecule has 2 bridgehead atoms. The molecule has 0 N–H and O–H groups in total. The number of thioether (sulfide) groups is 1. The Balaban J connectivity index is 1.64. The van der Waals surface area contributed by atoms with Crippen molar-refractivity contribution in [3.8, 4) is 0 Å². The Kier molecular flexibility index (Phi) is 3.62. The molecule has 0 unspecified atom stereocenters. The highest BCUT2D eigenvalue weighted by atomic mass is 32.2. The minimum absolute atomic E-state index is 0.183. The Morgan fingerprint density at radius 1 is 0.767 bits per heavy atom. The molecule has 4 nitrogen and oxygen atoms in total. The van der Waals surface area contributed by atoms with Crippen LogP contribution < -0.4 is 4.90 Å². The molecule has 4 atom stereocenters. The van der Waals surface area contributed by atoms with Gasteiger partial charge in [-0.3, -0.25) is 9.59 Å². The fourth-order valence-corrected chi connectivity index (χ4v) is 6.68. The highest BCUT2D eigenvalue weighted by molar-refractivity contribution is 7.99. The molecule has 6 rings (SSSR count). The molecule has 0 spiro atoms. The first-order valence-corrected chi connectivity index (χ1v) is 11.2. The van der Waals surface area contributed by atoms with Crippen LogP contribution in [0.15, 0.2) is 84.9 Å². The van der Waals surface area contributed by atoms with Crippen LogP contribution in [0.4, 0.5) is 5.69 Å². The number of rotatable bonds is 3. The van der Waals surface area contributed by atoms with Crippen molar-refractivity contribution in [2.45, 2.75) is 10.5 Å². The number of carbonyl (C=O) groups excluding carboxylic acids is 2. The lowest BCUT2D eigenvalue weighted by Crippen LogP contribution is -2.41. The molecule has 3 aliphatic heterocycles. The third-order valence-corrected chi connectivity index (χ3v) is 7.85. The summed E-state index contributed by atoms with van der Waals surface area (Å²) in [5.74, 6) is -1.55. The molecule has 3 aliphatic rings. The van der Waals surface area contributed by atoms with Gasteiger partial charge in [0.25, 0.3) is 0 Å². The fraction of sp³-hybridized carbons (Fsp3) is 0.200. The molecule has 2 amide bonds. The summed E-state index contributed by atoms with van der Waals surface area (Å²) in [6.45, 7) is 0. The molecular weight excluding hydrogens is 394 g/mol. The highest BCUT2D eigenvalue weighted by Crippen LogP contribution is 2.71. The van der Waals surface area contributed by atoms with Crippen molar-refractivity contribution < 1.29 is 14.3 Å². The van der Waals surface area contributed by atoms with Gasteiger partial charge in [0.1, 0.15) is 5.60 Å². The third-order valence-electron chi connectivity index (χ3n) is 6.69. The van der Waals surface area contributed by atoms with Crippen LogP contribution in [-0.4, -0.2) is 18.1 Å². The molecule has 2 saturated heterocycles. The molecule has 2 fully saturated rings. The number of imide groups is 1. The quantitative estimate of drug-likeness (QED) is 0.601. The largest absolute Gasteiger partial charge is 0.342 e. The van der Waals surface area contributed by atoms with Gasteiger partial charge >= 0.3 is 0 Å². The van der Waals surface area contributed by atoms with Gasteiger partial charge in [-0.25, -0.2) is 4.90 Å². The summed E-state index contributed by atoms with van der Waals surface area (Å²) >= 11 is 1.51. The van der Waals surface area contributed by atoms with Gasteiger partial charge in [0.15, 0.2) is 4.93 Å². The van der Waals surface area contributed by atoms with Crippen LogP contribution in [0.3, 0.4) is 0 Å². The van der Waals surface area contributed by atoms with E-state index in [1.807, 2.05) is 91.2 Å². The molecule has 148 valence electrons. The molecule has 0 saturated carbocycles. The first kappa shape index (κ1) is 17.9. The van der Waals surface area contributed by atoms with Crippen LogP contribution in [0, 0.1) is 11.8 Å². The molecule has 5 heteroatoms. The van der Waals surface area contributed by atoms with Crippen molar-refractivity contribution in [2.75, 3.05) is 11.2 Å². The summed E-state index contributed by atoms with van der Waals surface area (Å²) in [4.78, 5) is 28.1. The topological polar surface area (TPSA) is 46.6 Å². The Bertz CT molecular complexity index is 1180. The normalized spacial score (nSPS) is 31.2. The van der Waals surface area contributed by atoms with Crippen LogP contribution in [0.5, 0.6) is 0 Å². The predicted octanol–water partition coefficient (Wildman–Crippen LogP) is 4.30. The maximum Gasteiger partial charge on any atom is 0.242 e. The van der Waals surface area contributed by atoms with Crippen LogP contribution in [0.25, 0.3) is 0 Å². The lowest BCUT2D eigenvalue weighted by atomic mass is 9.67. The second-order valence-corrected chi connectivity index (χ2v) is 8.94. The summed E-state index contributed by atoms with van der Waals surface area (Å²) in [6, 6.07) is 27.1. The van der Waals surface area contributed by atoms with Crippen LogP contribution in [-0.2, 0) is 24.9 Å². The second-order valence-electron chi connectivity index (χ2n) is 7.92. The maximum atomic E-state index is 13.8. The molecule has 3 heterocycles. The number of amides is 2. The van der Waals surface area contributed by atoms with E-state index >= 15 is 0 Å². The highest BCUT2D eigenvalue weighted by Gasteiger charge is 2.78. The van der Waals surface area contributed by atoms with Gasteiger partial charge in [0, 0.05) is 5.56 Å². The van der Waals surface area contributed by atoms with E-state index in [0.717, 1.165) is 16.7 Å². The molecular formula is C25H19NO3S. The van der Waals surface area contributed by atoms with Crippen LogP contribution in [0.1, 0.15) is 16.7 Å². The van der Waals surface area contributed by atoms with Crippen molar-refractivity contribution in [3.63, 3.8) is 0 Å². The Labute approximate surface area is 178 Å². The summed E-state index contributed by atoms with van der Waals surface area (Å²) in [6.07, 6.45) is 1.96. The predicted molar refractivity (Wildman–Crippen MR) is 116 cm³/mol. The third kappa shape index (κ3) is 1.92. The number of hydrogen-bond acceptors (Lipinski definition) is 4. The first-order valence-electron chi connectivity index (χ1n) is 9.99. The van der Waals surface area contributed by atoms with Crippen molar-refractivity contribution >= 4 is 29.3 Å². The van der Waals surface area contributed by atoms with E-state index in [2.05, 4.69) is 0 Å².